The summed E-state index contributed by atoms with van der Waals surface area (Å²) in [5.74, 6) is 0.736. The van der Waals surface area contributed by atoms with Gasteiger partial charge >= 0.3 is 11.7 Å². The van der Waals surface area contributed by atoms with Crippen LogP contribution in [-0.4, -0.2) is 54.8 Å². The number of rotatable bonds is 11. The normalized spacial score (nSPS) is 11.4. The summed E-state index contributed by atoms with van der Waals surface area (Å²) < 4.78 is 12.6. The lowest BCUT2D eigenvalue weighted by Crippen LogP contribution is -2.24. The number of fused-ring (bicyclic) bond motifs is 1. The molecule has 0 unspecified atom stereocenters. The number of hydrogen-bond donors (Lipinski definition) is 0. The van der Waals surface area contributed by atoms with Crippen molar-refractivity contribution < 1.29 is 14.3 Å². The molecule has 1 heterocycles. The van der Waals surface area contributed by atoms with E-state index in [1.165, 1.54) is 5.56 Å². The lowest BCUT2D eigenvalue weighted by molar-refractivity contribution is 0.0496. The Kier molecular flexibility index (Phi) is 9.15. The van der Waals surface area contributed by atoms with Gasteiger partial charge in [0.05, 0.1) is 37.0 Å². The van der Waals surface area contributed by atoms with E-state index < -0.39 is 0 Å². The van der Waals surface area contributed by atoms with Gasteiger partial charge in [0.2, 0.25) is 0 Å². The summed E-state index contributed by atoms with van der Waals surface area (Å²) in [4.78, 5) is 32.6. The number of methoxy groups -OCH3 is 1. The zero-order valence-electron chi connectivity index (χ0n) is 23.4. The Bertz CT molecular complexity index is 1490. The fourth-order valence-corrected chi connectivity index (χ4v) is 4.54. The van der Waals surface area contributed by atoms with Gasteiger partial charge in [0.15, 0.2) is 0 Å². The van der Waals surface area contributed by atoms with Crippen LogP contribution in [0.3, 0.4) is 0 Å². The largest absolute Gasteiger partial charge is 0.497 e. The third kappa shape index (κ3) is 6.92. The lowest BCUT2D eigenvalue weighted by Gasteiger charge is -2.15. The minimum absolute atomic E-state index is 0.269. The van der Waals surface area contributed by atoms with Gasteiger partial charge in [0.1, 0.15) is 5.75 Å². The molecule has 0 spiro atoms. The number of carbonyl (C=O) groups is 1. The Morgan fingerprint density at radius 1 is 1.00 bits per heavy atom. The number of benzene rings is 3. The van der Waals surface area contributed by atoms with Crippen LogP contribution in [0.1, 0.15) is 54.1 Å². The summed E-state index contributed by atoms with van der Waals surface area (Å²) in [6, 6.07) is 21.0. The molecule has 0 atom stereocenters. The molecule has 0 aliphatic heterocycles. The standard InChI is InChI=1S/C32H37N3O4/c1-22(2)24-11-13-25(14-12-24)30-28-20-27(38-5)15-16-29(28)35(32(37)33-30)21-23-9-8-10-26(19-23)31(36)39-18-7-6-17-34(3)4/h8-16,19-20,22H,6-7,17-18,21H2,1-5H3. The molecule has 0 saturated carbocycles. The van der Waals surface area contributed by atoms with Gasteiger partial charge in [-0.25, -0.2) is 9.59 Å². The van der Waals surface area contributed by atoms with Crippen LogP contribution in [0.4, 0.5) is 0 Å². The van der Waals surface area contributed by atoms with E-state index in [-0.39, 0.29) is 18.2 Å². The molecular weight excluding hydrogens is 490 g/mol. The smallest absolute Gasteiger partial charge is 0.348 e. The second-order valence-electron chi connectivity index (χ2n) is 10.3. The fraction of sp³-hybridized carbons (Fsp3) is 0.344. The molecule has 3 aromatic carbocycles. The first-order valence-corrected chi connectivity index (χ1v) is 13.4. The number of carbonyl (C=O) groups excluding carboxylic acids is 1. The third-order valence-corrected chi connectivity index (χ3v) is 6.77. The molecule has 0 aliphatic carbocycles. The molecule has 0 N–H and O–H groups in total. The zero-order valence-corrected chi connectivity index (χ0v) is 23.4. The lowest BCUT2D eigenvalue weighted by atomic mass is 9.99. The summed E-state index contributed by atoms with van der Waals surface area (Å²) in [5.41, 5.74) is 4.38. The summed E-state index contributed by atoms with van der Waals surface area (Å²) >= 11 is 0. The maximum Gasteiger partial charge on any atom is 0.348 e. The average molecular weight is 528 g/mol. The highest BCUT2D eigenvalue weighted by molar-refractivity contribution is 5.93. The van der Waals surface area contributed by atoms with Crippen LogP contribution in [0.2, 0.25) is 0 Å². The first kappa shape index (κ1) is 28.0. The third-order valence-electron chi connectivity index (χ3n) is 6.77. The van der Waals surface area contributed by atoms with Crippen LogP contribution in [0.15, 0.2) is 71.5 Å². The van der Waals surface area contributed by atoms with Crippen LogP contribution >= 0.6 is 0 Å². The highest BCUT2D eigenvalue weighted by atomic mass is 16.5. The maximum atomic E-state index is 13.4. The topological polar surface area (TPSA) is 73.7 Å². The summed E-state index contributed by atoms with van der Waals surface area (Å²) in [7, 11) is 5.67. The van der Waals surface area contributed by atoms with E-state index in [9.17, 15) is 9.59 Å². The van der Waals surface area contributed by atoms with E-state index in [0.29, 0.717) is 29.5 Å². The van der Waals surface area contributed by atoms with E-state index in [2.05, 4.69) is 35.9 Å². The molecule has 1 aromatic heterocycles. The Balaban J connectivity index is 1.63. The number of aromatic nitrogens is 2. The van der Waals surface area contributed by atoms with Gasteiger partial charge in [0, 0.05) is 10.9 Å². The van der Waals surface area contributed by atoms with Crippen molar-refractivity contribution in [3.05, 3.63) is 93.9 Å². The monoisotopic (exact) mass is 527 g/mol. The average Bonchev–Trinajstić information content (AvgIpc) is 2.93. The van der Waals surface area contributed by atoms with Crippen LogP contribution < -0.4 is 10.4 Å². The van der Waals surface area contributed by atoms with Crippen LogP contribution in [0.25, 0.3) is 22.2 Å². The first-order chi connectivity index (χ1) is 18.8. The predicted octanol–water partition coefficient (Wildman–Crippen LogP) is 5.74. The number of esters is 1. The van der Waals surface area contributed by atoms with Crippen molar-refractivity contribution in [1.29, 1.82) is 0 Å². The van der Waals surface area contributed by atoms with Crippen molar-refractivity contribution in [2.24, 2.45) is 0 Å². The first-order valence-electron chi connectivity index (χ1n) is 13.4. The van der Waals surface area contributed by atoms with Crippen molar-refractivity contribution in [2.75, 3.05) is 34.4 Å². The SMILES string of the molecule is COc1ccc2c(c1)c(-c1ccc(C(C)C)cc1)nc(=O)n2Cc1cccc(C(=O)OCCCCN(C)C)c1. The van der Waals surface area contributed by atoms with Crippen LogP contribution in [-0.2, 0) is 11.3 Å². The number of nitrogens with zero attached hydrogens (tertiary/aromatic N) is 3. The van der Waals surface area contributed by atoms with Gasteiger partial charge in [-0.2, -0.15) is 4.98 Å². The van der Waals surface area contributed by atoms with Crippen molar-refractivity contribution in [3.8, 4) is 17.0 Å². The molecule has 0 aliphatic rings. The molecule has 4 rings (SSSR count). The molecule has 0 radical (unpaired) electrons. The van der Waals surface area contributed by atoms with E-state index in [1.807, 2.05) is 56.6 Å². The van der Waals surface area contributed by atoms with Gasteiger partial charge in [0.25, 0.3) is 0 Å². The Morgan fingerprint density at radius 3 is 2.46 bits per heavy atom. The van der Waals surface area contributed by atoms with E-state index in [0.717, 1.165) is 41.4 Å². The highest BCUT2D eigenvalue weighted by Gasteiger charge is 2.15. The number of ether oxygens (including phenoxy) is 2. The molecular formula is C32H37N3O4. The molecule has 4 aromatic rings. The van der Waals surface area contributed by atoms with Gasteiger partial charge in [-0.1, -0.05) is 50.2 Å². The Morgan fingerprint density at radius 2 is 1.77 bits per heavy atom. The molecule has 0 fully saturated rings. The minimum Gasteiger partial charge on any atom is -0.497 e. The molecule has 204 valence electrons. The predicted molar refractivity (Wildman–Crippen MR) is 156 cm³/mol. The minimum atomic E-state index is -0.359. The Hall–Kier alpha value is -3.97. The van der Waals surface area contributed by atoms with Crippen molar-refractivity contribution in [1.82, 2.24) is 14.5 Å². The van der Waals surface area contributed by atoms with Gasteiger partial charge in [-0.05, 0) is 80.9 Å². The van der Waals surface area contributed by atoms with Crippen LogP contribution in [0.5, 0.6) is 5.75 Å². The second-order valence-corrected chi connectivity index (χ2v) is 10.3. The molecule has 0 bridgehead atoms. The quantitative estimate of drug-likeness (QED) is 0.183. The van der Waals surface area contributed by atoms with Crippen molar-refractivity contribution in [3.63, 3.8) is 0 Å². The van der Waals surface area contributed by atoms with E-state index in [4.69, 9.17) is 9.47 Å². The fourth-order valence-electron chi connectivity index (χ4n) is 4.54. The zero-order chi connectivity index (χ0) is 27.9. The summed E-state index contributed by atoms with van der Waals surface area (Å²) in [6.45, 7) is 5.90. The molecule has 39 heavy (non-hydrogen) atoms. The number of unbranched alkanes of at least 4 members (excludes halogenated alkanes) is 1. The van der Waals surface area contributed by atoms with Gasteiger partial charge in [-0.15, -0.1) is 0 Å². The summed E-state index contributed by atoms with van der Waals surface area (Å²) in [5, 5.41) is 0.819. The van der Waals surface area contributed by atoms with E-state index in [1.54, 1.807) is 23.8 Å². The van der Waals surface area contributed by atoms with Crippen molar-refractivity contribution >= 4 is 16.9 Å². The second kappa shape index (κ2) is 12.7. The maximum absolute atomic E-state index is 13.4. The van der Waals surface area contributed by atoms with Crippen molar-refractivity contribution in [2.45, 2.75) is 39.2 Å². The van der Waals surface area contributed by atoms with E-state index >= 15 is 0 Å². The molecule has 0 amide bonds. The molecule has 7 heteroatoms. The van der Waals surface area contributed by atoms with Gasteiger partial charge < -0.3 is 14.4 Å². The number of hydrogen-bond acceptors (Lipinski definition) is 6. The van der Waals surface area contributed by atoms with Gasteiger partial charge in [-0.3, -0.25) is 4.57 Å². The molecule has 0 saturated heterocycles. The molecule has 7 nitrogen and oxygen atoms in total. The highest BCUT2D eigenvalue weighted by Crippen LogP contribution is 2.30. The summed E-state index contributed by atoms with van der Waals surface area (Å²) in [6.07, 6.45) is 1.78. The van der Waals surface area contributed by atoms with Crippen LogP contribution in [0, 0.1) is 0 Å². The Labute approximate surface area is 230 Å².